The number of benzene rings is 2. The third-order valence-electron chi connectivity index (χ3n) is 4.15. The maximum atomic E-state index is 12.5. The zero-order valence-corrected chi connectivity index (χ0v) is 11.0. The second-order valence-corrected chi connectivity index (χ2v) is 5.28. The van der Waals surface area contributed by atoms with Crippen LogP contribution in [0.3, 0.4) is 0 Å². The zero-order valence-electron chi connectivity index (χ0n) is 11.0. The molecular weight excluding hydrogens is 252 g/mol. The van der Waals surface area contributed by atoms with Crippen molar-refractivity contribution in [2.75, 3.05) is 0 Å². The molecular formula is C17H16O3. The van der Waals surface area contributed by atoms with E-state index in [2.05, 4.69) is 0 Å². The van der Waals surface area contributed by atoms with Gasteiger partial charge in [0.2, 0.25) is 0 Å². The van der Waals surface area contributed by atoms with Crippen molar-refractivity contribution in [3.05, 3.63) is 59.7 Å². The molecule has 0 radical (unpaired) electrons. The molecule has 1 saturated carbocycles. The van der Waals surface area contributed by atoms with Crippen molar-refractivity contribution in [2.24, 2.45) is 0 Å². The molecule has 0 saturated heterocycles. The Morgan fingerprint density at radius 3 is 1.60 bits per heavy atom. The van der Waals surface area contributed by atoms with Gasteiger partial charge in [-0.25, -0.2) is 0 Å². The molecule has 1 fully saturated rings. The number of aromatic hydroxyl groups is 2. The molecule has 0 amide bonds. The molecule has 2 N–H and O–H groups in total. The van der Waals surface area contributed by atoms with Crippen molar-refractivity contribution in [3.8, 4) is 11.5 Å². The smallest absolute Gasteiger partial charge is 0.147 e. The van der Waals surface area contributed by atoms with Gasteiger partial charge < -0.3 is 10.2 Å². The average molecular weight is 268 g/mol. The molecule has 0 aliphatic heterocycles. The number of hydrogen-bond donors (Lipinski definition) is 2. The molecule has 0 bridgehead atoms. The van der Waals surface area contributed by atoms with Gasteiger partial charge in [0.15, 0.2) is 0 Å². The number of ketones is 1. The maximum absolute atomic E-state index is 12.5. The summed E-state index contributed by atoms with van der Waals surface area (Å²) in [7, 11) is 0. The van der Waals surface area contributed by atoms with Crippen molar-refractivity contribution in [3.63, 3.8) is 0 Å². The average Bonchev–Trinajstić information content (AvgIpc) is 2.83. The van der Waals surface area contributed by atoms with Crippen LogP contribution in [-0.2, 0) is 10.2 Å². The van der Waals surface area contributed by atoms with Gasteiger partial charge in [0.1, 0.15) is 17.3 Å². The summed E-state index contributed by atoms with van der Waals surface area (Å²) in [5.74, 6) is 0.592. The number of rotatable bonds is 2. The lowest BCUT2D eigenvalue weighted by Gasteiger charge is -2.29. The van der Waals surface area contributed by atoms with E-state index in [1.165, 1.54) is 0 Å². The van der Waals surface area contributed by atoms with Crippen LogP contribution in [0.1, 0.15) is 30.4 Å². The number of phenolic OH excluding ortho intramolecular Hbond substituents is 2. The monoisotopic (exact) mass is 268 g/mol. The predicted molar refractivity (Wildman–Crippen MR) is 75.9 cm³/mol. The third kappa shape index (κ3) is 1.86. The van der Waals surface area contributed by atoms with Crippen LogP contribution in [0.4, 0.5) is 0 Å². The van der Waals surface area contributed by atoms with Gasteiger partial charge in [-0.2, -0.15) is 0 Å². The van der Waals surface area contributed by atoms with Gasteiger partial charge in [-0.3, -0.25) is 4.79 Å². The second-order valence-electron chi connectivity index (χ2n) is 5.28. The second kappa shape index (κ2) is 4.67. The Balaban J connectivity index is 2.17. The summed E-state index contributed by atoms with van der Waals surface area (Å²) in [4.78, 5) is 12.5. The van der Waals surface area contributed by atoms with Crippen LogP contribution in [-0.4, -0.2) is 16.0 Å². The van der Waals surface area contributed by atoms with Crippen molar-refractivity contribution in [1.82, 2.24) is 0 Å². The zero-order chi connectivity index (χ0) is 14.2. The lowest BCUT2D eigenvalue weighted by Crippen LogP contribution is -2.32. The highest BCUT2D eigenvalue weighted by Crippen LogP contribution is 2.44. The first-order valence-electron chi connectivity index (χ1n) is 6.75. The Kier molecular flexibility index (Phi) is 2.97. The molecule has 2 aromatic rings. The van der Waals surface area contributed by atoms with E-state index >= 15 is 0 Å². The lowest BCUT2D eigenvalue weighted by molar-refractivity contribution is -0.121. The van der Waals surface area contributed by atoms with Crippen LogP contribution >= 0.6 is 0 Å². The minimum absolute atomic E-state index is 0.194. The van der Waals surface area contributed by atoms with Crippen molar-refractivity contribution < 1.29 is 15.0 Å². The highest BCUT2D eigenvalue weighted by molar-refractivity contribution is 5.95. The van der Waals surface area contributed by atoms with Crippen molar-refractivity contribution in [2.45, 2.75) is 24.7 Å². The van der Waals surface area contributed by atoms with E-state index in [1.54, 1.807) is 24.3 Å². The van der Waals surface area contributed by atoms with Crippen LogP contribution in [0, 0.1) is 0 Å². The van der Waals surface area contributed by atoms with Crippen molar-refractivity contribution >= 4 is 5.78 Å². The van der Waals surface area contributed by atoms with E-state index in [9.17, 15) is 15.0 Å². The Morgan fingerprint density at radius 2 is 1.25 bits per heavy atom. The molecule has 0 heterocycles. The molecule has 1 aliphatic rings. The summed E-state index contributed by atoms with van der Waals surface area (Å²) in [5, 5.41) is 18.9. The van der Waals surface area contributed by atoms with Crippen LogP contribution in [0.25, 0.3) is 0 Å². The summed E-state index contributed by atoms with van der Waals surface area (Å²) in [6, 6.07) is 13.7. The fourth-order valence-electron chi connectivity index (χ4n) is 3.14. The Morgan fingerprint density at radius 1 is 0.800 bits per heavy atom. The summed E-state index contributed by atoms with van der Waals surface area (Å²) >= 11 is 0. The van der Waals surface area contributed by atoms with Crippen LogP contribution in [0.2, 0.25) is 0 Å². The predicted octanol–water partition coefficient (Wildman–Crippen LogP) is 3.14. The molecule has 20 heavy (non-hydrogen) atoms. The SMILES string of the molecule is O=C1CCCC1(c1ccc(O)cc1)c1ccc(O)cc1. The van der Waals surface area contributed by atoms with E-state index in [0.29, 0.717) is 6.42 Å². The molecule has 3 rings (SSSR count). The minimum atomic E-state index is -0.637. The maximum Gasteiger partial charge on any atom is 0.147 e. The number of hydrogen-bond acceptors (Lipinski definition) is 3. The summed E-state index contributed by atoms with van der Waals surface area (Å²) < 4.78 is 0. The van der Waals surface area contributed by atoms with E-state index in [4.69, 9.17) is 0 Å². The van der Waals surface area contributed by atoms with Crippen LogP contribution in [0.5, 0.6) is 11.5 Å². The number of carbonyl (C=O) groups is 1. The number of phenols is 2. The van der Waals surface area contributed by atoms with E-state index in [0.717, 1.165) is 24.0 Å². The fraction of sp³-hybridized carbons (Fsp3) is 0.235. The van der Waals surface area contributed by atoms with Gasteiger partial charge in [-0.1, -0.05) is 24.3 Å². The standard InChI is InChI=1S/C17H16O3/c18-14-7-3-12(4-8-14)17(11-1-2-16(17)20)13-5-9-15(19)10-6-13/h3-10,18-19H,1-2,11H2. The third-order valence-corrected chi connectivity index (χ3v) is 4.15. The van der Waals surface area contributed by atoms with Gasteiger partial charge in [0.05, 0.1) is 5.41 Å². The van der Waals surface area contributed by atoms with Crippen LogP contribution < -0.4 is 0 Å². The molecule has 3 nitrogen and oxygen atoms in total. The lowest BCUT2D eigenvalue weighted by atomic mass is 9.72. The largest absolute Gasteiger partial charge is 0.508 e. The topological polar surface area (TPSA) is 57.5 Å². The quantitative estimate of drug-likeness (QED) is 0.879. The van der Waals surface area contributed by atoms with Gasteiger partial charge in [-0.05, 0) is 48.2 Å². The van der Waals surface area contributed by atoms with E-state index < -0.39 is 5.41 Å². The number of Topliss-reactive ketones (excluding diaryl/α,β-unsaturated/α-hetero) is 1. The Labute approximate surface area is 117 Å². The Bertz CT molecular complexity index is 581. The van der Waals surface area contributed by atoms with Gasteiger partial charge in [0.25, 0.3) is 0 Å². The van der Waals surface area contributed by atoms with Gasteiger partial charge >= 0.3 is 0 Å². The first-order valence-corrected chi connectivity index (χ1v) is 6.75. The van der Waals surface area contributed by atoms with E-state index in [1.807, 2.05) is 24.3 Å². The van der Waals surface area contributed by atoms with E-state index in [-0.39, 0.29) is 17.3 Å². The summed E-state index contributed by atoms with van der Waals surface area (Å²) in [6.45, 7) is 0. The summed E-state index contributed by atoms with van der Waals surface area (Å²) in [6.07, 6.45) is 2.20. The minimum Gasteiger partial charge on any atom is -0.508 e. The fourth-order valence-corrected chi connectivity index (χ4v) is 3.14. The normalized spacial score (nSPS) is 17.3. The van der Waals surface area contributed by atoms with Gasteiger partial charge in [0, 0.05) is 6.42 Å². The Hall–Kier alpha value is -2.29. The molecule has 0 atom stereocenters. The highest BCUT2D eigenvalue weighted by atomic mass is 16.3. The van der Waals surface area contributed by atoms with Gasteiger partial charge in [-0.15, -0.1) is 0 Å². The molecule has 102 valence electrons. The summed E-state index contributed by atoms with van der Waals surface area (Å²) in [5.41, 5.74) is 1.17. The molecule has 0 unspecified atom stereocenters. The first-order chi connectivity index (χ1) is 9.63. The molecule has 0 aromatic heterocycles. The van der Waals surface area contributed by atoms with Crippen LogP contribution in [0.15, 0.2) is 48.5 Å². The first kappa shape index (κ1) is 12.7. The molecule has 2 aromatic carbocycles. The molecule has 3 heteroatoms. The van der Waals surface area contributed by atoms with Crippen molar-refractivity contribution in [1.29, 1.82) is 0 Å². The molecule has 1 aliphatic carbocycles. The molecule has 0 spiro atoms. The highest BCUT2D eigenvalue weighted by Gasteiger charge is 2.44. The number of carbonyl (C=O) groups excluding carboxylic acids is 1.